The van der Waals surface area contributed by atoms with Gasteiger partial charge in [0.15, 0.2) is 0 Å². The molecule has 15 heavy (non-hydrogen) atoms. The number of thioether (sulfide) groups is 1. The first-order valence-electron chi connectivity index (χ1n) is 5.16. The number of nitrogens with two attached hydrogens (primary N) is 1. The molecule has 1 aromatic rings. The molecule has 0 aliphatic rings. The van der Waals surface area contributed by atoms with Crippen LogP contribution in [-0.2, 0) is 4.74 Å². The third kappa shape index (κ3) is 4.24. The van der Waals surface area contributed by atoms with Crippen LogP contribution in [0.2, 0.25) is 0 Å². The van der Waals surface area contributed by atoms with Crippen molar-refractivity contribution in [1.29, 1.82) is 0 Å². The number of hydrogen-bond acceptors (Lipinski definition) is 3. The lowest BCUT2D eigenvalue weighted by atomic mass is 10.0. The van der Waals surface area contributed by atoms with Crippen LogP contribution in [0.5, 0.6) is 0 Å². The largest absolute Gasteiger partial charge is 0.385 e. The Labute approximate surface area is 96.2 Å². The topological polar surface area (TPSA) is 35.2 Å². The van der Waals surface area contributed by atoms with Gasteiger partial charge in [0, 0.05) is 24.7 Å². The quantitative estimate of drug-likeness (QED) is 0.597. The minimum Gasteiger partial charge on any atom is -0.385 e. The Morgan fingerprint density at radius 1 is 1.33 bits per heavy atom. The molecule has 0 aliphatic heterocycles. The Balaban J connectivity index is 2.46. The maximum absolute atomic E-state index is 6.06. The van der Waals surface area contributed by atoms with E-state index in [9.17, 15) is 0 Å². The summed E-state index contributed by atoms with van der Waals surface area (Å²) in [6.45, 7) is 0.788. The Morgan fingerprint density at radius 2 is 2.00 bits per heavy atom. The molecule has 0 aromatic heterocycles. The highest BCUT2D eigenvalue weighted by Crippen LogP contribution is 2.20. The molecule has 3 heteroatoms. The zero-order chi connectivity index (χ0) is 11.1. The molecule has 1 rings (SSSR count). The molecule has 0 heterocycles. The summed E-state index contributed by atoms with van der Waals surface area (Å²) >= 11 is 1.75. The molecule has 0 bridgehead atoms. The Kier molecular flexibility index (Phi) is 5.76. The van der Waals surface area contributed by atoms with Gasteiger partial charge in [-0.2, -0.15) is 0 Å². The molecule has 1 aromatic carbocycles. The maximum atomic E-state index is 6.06. The molecular formula is C12H19NOS. The van der Waals surface area contributed by atoms with Crippen molar-refractivity contribution >= 4 is 11.8 Å². The van der Waals surface area contributed by atoms with Crippen LogP contribution in [-0.4, -0.2) is 20.0 Å². The van der Waals surface area contributed by atoms with Crippen molar-refractivity contribution in [3.63, 3.8) is 0 Å². The van der Waals surface area contributed by atoms with E-state index in [1.165, 1.54) is 10.5 Å². The van der Waals surface area contributed by atoms with Gasteiger partial charge in [-0.05, 0) is 36.8 Å². The standard InChI is InChI=1S/C12H19NOS/c1-14-9-3-4-12(13)10-5-7-11(15-2)8-6-10/h5-8,12H,3-4,9,13H2,1-2H3. The van der Waals surface area contributed by atoms with Gasteiger partial charge < -0.3 is 10.5 Å². The van der Waals surface area contributed by atoms with E-state index in [1.807, 2.05) is 0 Å². The van der Waals surface area contributed by atoms with E-state index in [2.05, 4.69) is 30.5 Å². The van der Waals surface area contributed by atoms with E-state index >= 15 is 0 Å². The van der Waals surface area contributed by atoms with Crippen LogP contribution in [0.4, 0.5) is 0 Å². The molecular weight excluding hydrogens is 206 g/mol. The van der Waals surface area contributed by atoms with Crippen LogP contribution in [0.25, 0.3) is 0 Å². The number of hydrogen-bond donors (Lipinski definition) is 1. The van der Waals surface area contributed by atoms with Gasteiger partial charge in [0.25, 0.3) is 0 Å². The van der Waals surface area contributed by atoms with Crippen LogP contribution in [0, 0.1) is 0 Å². The lowest BCUT2D eigenvalue weighted by molar-refractivity contribution is 0.190. The van der Waals surface area contributed by atoms with Crippen molar-refractivity contribution in [2.24, 2.45) is 5.73 Å². The maximum Gasteiger partial charge on any atom is 0.0462 e. The van der Waals surface area contributed by atoms with Gasteiger partial charge in [0.1, 0.15) is 0 Å². The predicted octanol–water partition coefficient (Wildman–Crippen LogP) is 2.83. The number of benzene rings is 1. The van der Waals surface area contributed by atoms with Crippen LogP contribution in [0.3, 0.4) is 0 Å². The smallest absolute Gasteiger partial charge is 0.0462 e. The van der Waals surface area contributed by atoms with Crippen LogP contribution < -0.4 is 5.73 Å². The fourth-order valence-corrected chi connectivity index (χ4v) is 1.87. The van der Waals surface area contributed by atoms with E-state index in [0.29, 0.717) is 0 Å². The molecule has 0 saturated carbocycles. The van der Waals surface area contributed by atoms with Crippen molar-refractivity contribution in [1.82, 2.24) is 0 Å². The summed E-state index contributed by atoms with van der Waals surface area (Å²) < 4.78 is 5.01. The molecule has 0 amide bonds. The molecule has 0 fully saturated rings. The number of ether oxygens (including phenoxy) is 1. The third-order valence-corrected chi connectivity index (χ3v) is 3.15. The Hall–Kier alpha value is -0.510. The minimum atomic E-state index is 0.135. The third-order valence-electron chi connectivity index (χ3n) is 2.41. The fourth-order valence-electron chi connectivity index (χ4n) is 1.47. The summed E-state index contributed by atoms with van der Waals surface area (Å²) in [7, 11) is 1.72. The van der Waals surface area contributed by atoms with Crippen LogP contribution in [0.15, 0.2) is 29.2 Å². The first-order chi connectivity index (χ1) is 7.27. The molecule has 0 spiro atoms. The zero-order valence-electron chi connectivity index (χ0n) is 9.40. The van der Waals surface area contributed by atoms with E-state index in [4.69, 9.17) is 10.5 Å². The SMILES string of the molecule is COCCCC(N)c1ccc(SC)cc1. The second kappa shape index (κ2) is 6.88. The average molecular weight is 225 g/mol. The van der Waals surface area contributed by atoms with Gasteiger partial charge in [-0.3, -0.25) is 0 Å². The monoisotopic (exact) mass is 225 g/mol. The van der Waals surface area contributed by atoms with Crippen molar-refractivity contribution in [2.75, 3.05) is 20.0 Å². The van der Waals surface area contributed by atoms with Crippen molar-refractivity contribution in [2.45, 2.75) is 23.8 Å². The van der Waals surface area contributed by atoms with E-state index < -0.39 is 0 Å². The molecule has 0 saturated heterocycles. The normalized spacial score (nSPS) is 12.7. The van der Waals surface area contributed by atoms with Crippen molar-refractivity contribution in [3.8, 4) is 0 Å². The van der Waals surface area contributed by atoms with Gasteiger partial charge in [0.05, 0.1) is 0 Å². The molecule has 0 radical (unpaired) electrons. The van der Waals surface area contributed by atoms with Crippen LogP contribution >= 0.6 is 11.8 Å². The highest BCUT2D eigenvalue weighted by atomic mass is 32.2. The lowest BCUT2D eigenvalue weighted by Crippen LogP contribution is -2.10. The second-order valence-corrected chi connectivity index (χ2v) is 4.39. The van der Waals surface area contributed by atoms with E-state index in [0.717, 1.165) is 19.4 Å². The molecule has 2 nitrogen and oxygen atoms in total. The second-order valence-electron chi connectivity index (χ2n) is 3.51. The van der Waals surface area contributed by atoms with Gasteiger partial charge in [-0.1, -0.05) is 12.1 Å². The van der Waals surface area contributed by atoms with Crippen molar-refractivity contribution < 1.29 is 4.74 Å². The summed E-state index contributed by atoms with van der Waals surface area (Å²) in [6, 6.07) is 8.61. The Bertz CT molecular complexity index is 273. The first-order valence-corrected chi connectivity index (χ1v) is 6.39. The average Bonchev–Trinajstić information content (AvgIpc) is 2.29. The Morgan fingerprint density at radius 3 is 2.53 bits per heavy atom. The van der Waals surface area contributed by atoms with Crippen LogP contribution in [0.1, 0.15) is 24.4 Å². The molecule has 1 atom stereocenters. The molecule has 1 unspecified atom stereocenters. The summed E-state index contributed by atoms with van der Waals surface area (Å²) in [5.74, 6) is 0. The van der Waals surface area contributed by atoms with Gasteiger partial charge >= 0.3 is 0 Å². The summed E-state index contributed by atoms with van der Waals surface area (Å²) in [6.07, 6.45) is 4.07. The molecule has 2 N–H and O–H groups in total. The van der Waals surface area contributed by atoms with E-state index in [1.54, 1.807) is 18.9 Å². The summed E-state index contributed by atoms with van der Waals surface area (Å²) in [5, 5.41) is 0. The minimum absolute atomic E-state index is 0.135. The highest BCUT2D eigenvalue weighted by molar-refractivity contribution is 7.98. The highest BCUT2D eigenvalue weighted by Gasteiger charge is 2.04. The van der Waals surface area contributed by atoms with Gasteiger partial charge in [-0.15, -0.1) is 11.8 Å². The summed E-state index contributed by atoms with van der Waals surface area (Å²) in [5.41, 5.74) is 7.28. The molecule has 84 valence electrons. The number of methoxy groups -OCH3 is 1. The zero-order valence-corrected chi connectivity index (χ0v) is 10.2. The first kappa shape index (κ1) is 12.6. The van der Waals surface area contributed by atoms with Gasteiger partial charge in [0.2, 0.25) is 0 Å². The fraction of sp³-hybridized carbons (Fsp3) is 0.500. The number of rotatable bonds is 6. The molecule has 0 aliphatic carbocycles. The lowest BCUT2D eigenvalue weighted by Gasteiger charge is -2.11. The predicted molar refractivity (Wildman–Crippen MR) is 66.3 cm³/mol. The summed E-state index contributed by atoms with van der Waals surface area (Å²) in [4.78, 5) is 1.28. The van der Waals surface area contributed by atoms with E-state index in [-0.39, 0.29) is 6.04 Å². The van der Waals surface area contributed by atoms with Gasteiger partial charge in [-0.25, -0.2) is 0 Å². The van der Waals surface area contributed by atoms with Crippen molar-refractivity contribution in [3.05, 3.63) is 29.8 Å².